The topological polar surface area (TPSA) is 68.7 Å². The van der Waals surface area contributed by atoms with Crippen molar-refractivity contribution in [3.8, 4) is 10.4 Å². The van der Waals surface area contributed by atoms with Crippen molar-refractivity contribution in [3.05, 3.63) is 57.5 Å². The van der Waals surface area contributed by atoms with Gasteiger partial charge in [0.15, 0.2) is 0 Å². The average Bonchev–Trinajstić information content (AvgIpc) is 3.10. The molecule has 0 amide bonds. The van der Waals surface area contributed by atoms with Gasteiger partial charge in [0.25, 0.3) is 0 Å². The van der Waals surface area contributed by atoms with Crippen LogP contribution in [0.25, 0.3) is 21.2 Å². The molecule has 1 aliphatic heterocycles. The van der Waals surface area contributed by atoms with Crippen LogP contribution < -0.4 is 11.4 Å². The summed E-state index contributed by atoms with van der Waals surface area (Å²) in [6.45, 7) is 6.26. The maximum absolute atomic E-state index is 12.3. The molecule has 0 bridgehead atoms. The molecular weight excluding hydrogens is 419 g/mol. The smallest absolute Gasteiger partial charge is 0.343 e. The van der Waals surface area contributed by atoms with Gasteiger partial charge in [-0.2, -0.15) is 0 Å². The lowest BCUT2D eigenvalue weighted by Crippen LogP contribution is -2.35. The standard InChI is InChI=1S/C20H22N2O3S.2ClH/c1-13(21)19-18(15-4-2-3-5-16(15)20(23)25-19)17-7-6-14(26-17)12-22-8-10-24-11-9-22;;/h2-7,13H,8-12,21H2,1H3;2*1H. The number of fused-ring (bicyclic) bond motifs is 1. The van der Waals surface area contributed by atoms with Gasteiger partial charge in [0.05, 0.1) is 24.6 Å². The fourth-order valence-electron chi connectivity index (χ4n) is 3.37. The Hall–Kier alpha value is -1.41. The van der Waals surface area contributed by atoms with Gasteiger partial charge in [-0.3, -0.25) is 4.90 Å². The van der Waals surface area contributed by atoms with E-state index in [0.29, 0.717) is 11.1 Å². The van der Waals surface area contributed by atoms with Gasteiger partial charge in [-0.15, -0.1) is 36.2 Å². The van der Waals surface area contributed by atoms with Gasteiger partial charge in [-0.25, -0.2) is 4.79 Å². The number of nitrogens with two attached hydrogens (primary N) is 1. The molecule has 0 saturated carbocycles. The summed E-state index contributed by atoms with van der Waals surface area (Å²) >= 11 is 1.73. The first-order valence-electron chi connectivity index (χ1n) is 8.84. The maximum Gasteiger partial charge on any atom is 0.343 e. The Balaban J connectivity index is 0.00000140. The number of rotatable bonds is 4. The van der Waals surface area contributed by atoms with Crippen LogP contribution in [-0.4, -0.2) is 31.2 Å². The number of benzene rings is 1. The van der Waals surface area contributed by atoms with E-state index in [9.17, 15) is 4.79 Å². The summed E-state index contributed by atoms with van der Waals surface area (Å²) in [5, 5.41) is 1.49. The van der Waals surface area contributed by atoms with Gasteiger partial charge in [0, 0.05) is 40.3 Å². The molecule has 5 nitrogen and oxygen atoms in total. The first kappa shape index (κ1) is 22.9. The number of nitrogens with zero attached hydrogens (tertiary/aromatic N) is 1. The lowest BCUT2D eigenvalue weighted by Gasteiger charge is -2.25. The molecule has 152 valence electrons. The lowest BCUT2D eigenvalue weighted by atomic mass is 10.0. The van der Waals surface area contributed by atoms with E-state index in [2.05, 4.69) is 17.0 Å². The third-order valence-electron chi connectivity index (χ3n) is 4.67. The van der Waals surface area contributed by atoms with Crippen LogP contribution in [0.2, 0.25) is 0 Å². The summed E-state index contributed by atoms with van der Waals surface area (Å²) < 4.78 is 11.0. The number of morpholine rings is 1. The Morgan fingerprint density at radius 3 is 2.46 bits per heavy atom. The van der Waals surface area contributed by atoms with Crippen LogP contribution in [0.3, 0.4) is 0 Å². The van der Waals surface area contributed by atoms with E-state index in [0.717, 1.165) is 48.7 Å². The first-order valence-corrected chi connectivity index (χ1v) is 9.65. The fourth-order valence-corrected chi connectivity index (χ4v) is 4.48. The summed E-state index contributed by atoms with van der Waals surface area (Å²) in [6.07, 6.45) is 0. The van der Waals surface area contributed by atoms with Gasteiger partial charge in [0.1, 0.15) is 5.76 Å². The number of thiophene rings is 1. The van der Waals surface area contributed by atoms with Gasteiger partial charge in [-0.05, 0) is 25.1 Å². The highest BCUT2D eigenvalue weighted by Gasteiger charge is 2.20. The molecule has 1 unspecified atom stereocenters. The van der Waals surface area contributed by atoms with Gasteiger partial charge >= 0.3 is 5.63 Å². The van der Waals surface area contributed by atoms with E-state index in [1.165, 1.54) is 4.88 Å². The van der Waals surface area contributed by atoms with E-state index in [-0.39, 0.29) is 36.5 Å². The zero-order valence-electron chi connectivity index (χ0n) is 15.6. The molecule has 1 fully saturated rings. The maximum atomic E-state index is 12.3. The molecule has 1 atom stereocenters. The second kappa shape index (κ2) is 9.87. The van der Waals surface area contributed by atoms with Crippen molar-refractivity contribution in [2.24, 2.45) is 5.73 Å². The van der Waals surface area contributed by atoms with Crippen LogP contribution in [0.4, 0.5) is 0 Å². The molecule has 1 aromatic carbocycles. The zero-order valence-corrected chi connectivity index (χ0v) is 18.0. The summed E-state index contributed by atoms with van der Waals surface area (Å²) in [4.78, 5) is 17.1. The Labute approximate surface area is 180 Å². The monoisotopic (exact) mass is 442 g/mol. The van der Waals surface area contributed by atoms with E-state index in [4.69, 9.17) is 14.9 Å². The Kier molecular flexibility index (Phi) is 8.07. The number of hydrogen-bond acceptors (Lipinski definition) is 6. The highest BCUT2D eigenvalue weighted by molar-refractivity contribution is 7.15. The highest BCUT2D eigenvalue weighted by Crippen LogP contribution is 2.37. The van der Waals surface area contributed by atoms with E-state index in [1.54, 1.807) is 17.4 Å². The molecule has 3 heterocycles. The molecule has 28 heavy (non-hydrogen) atoms. The van der Waals surface area contributed by atoms with Crippen LogP contribution in [0.1, 0.15) is 23.6 Å². The van der Waals surface area contributed by atoms with E-state index < -0.39 is 0 Å². The molecule has 0 aliphatic carbocycles. The molecule has 2 N–H and O–H groups in total. The summed E-state index contributed by atoms with van der Waals surface area (Å²) in [7, 11) is 0. The molecule has 8 heteroatoms. The second-order valence-corrected chi connectivity index (χ2v) is 7.79. The number of hydrogen-bond donors (Lipinski definition) is 1. The lowest BCUT2D eigenvalue weighted by molar-refractivity contribution is 0.0346. The predicted octanol–water partition coefficient (Wildman–Crippen LogP) is 4.22. The van der Waals surface area contributed by atoms with E-state index >= 15 is 0 Å². The van der Waals surface area contributed by atoms with Crippen LogP contribution in [0, 0.1) is 0 Å². The molecule has 0 spiro atoms. The van der Waals surface area contributed by atoms with Crippen molar-refractivity contribution in [1.82, 2.24) is 4.90 Å². The SMILES string of the molecule is CC(N)c1oc(=O)c2ccccc2c1-c1ccc(CN2CCOCC2)s1.Cl.Cl. The zero-order chi connectivity index (χ0) is 18.1. The molecule has 3 aromatic rings. The Morgan fingerprint density at radius 1 is 1.11 bits per heavy atom. The molecule has 0 radical (unpaired) electrons. The van der Waals surface area contributed by atoms with Crippen LogP contribution in [-0.2, 0) is 11.3 Å². The molecule has 1 aliphatic rings. The molecular formula is C20H24Cl2N2O3S. The van der Waals surface area contributed by atoms with Crippen molar-refractivity contribution < 1.29 is 9.15 Å². The van der Waals surface area contributed by atoms with Crippen molar-refractivity contribution in [1.29, 1.82) is 0 Å². The van der Waals surface area contributed by atoms with Crippen molar-refractivity contribution in [2.45, 2.75) is 19.5 Å². The van der Waals surface area contributed by atoms with Crippen LogP contribution in [0.15, 0.2) is 45.6 Å². The van der Waals surface area contributed by atoms with Crippen molar-refractivity contribution in [2.75, 3.05) is 26.3 Å². The van der Waals surface area contributed by atoms with E-state index in [1.807, 2.05) is 25.1 Å². The van der Waals surface area contributed by atoms with Crippen molar-refractivity contribution in [3.63, 3.8) is 0 Å². The number of ether oxygens (including phenoxy) is 1. The molecule has 1 saturated heterocycles. The third-order valence-corrected chi connectivity index (χ3v) is 5.76. The summed E-state index contributed by atoms with van der Waals surface area (Å²) in [5.74, 6) is 0.550. The minimum absolute atomic E-state index is 0. The largest absolute Gasteiger partial charge is 0.425 e. The summed E-state index contributed by atoms with van der Waals surface area (Å²) in [6, 6.07) is 11.5. The second-order valence-electron chi connectivity index (χ2n) is 6.62. The average molecular weight is 443 g/mol. The first-order chi connectivity index (χ1) is 12.6. The molecule has 4 rings (SSSR count). The Bertz CT molecular complexity index is 981. The fraction of sp³-hybridized carbons (Fsp3) is 0.350. The summed E-state index contributed by atoms with van der Waals surface area (Å²) in [5.41, 5.74) is 6.72. The minimum atomic E-state index is -0.355. The number of halogens is 2. The van der Waals surface area contributed by atoms with Gasteiger partial charge in [-0.1, -0.05) is 18.2 Å². The van der Waals surface area contributed by atoms with Crippen LogP contribution >= 0.6 is 36.2 Å². The van der Waals surface area contributed by atoms with Crippen LogP contribution in [0.5, 0.6) is 0 Å². The highest BCUT2D eigenvalue weighted by atomic mass is 35.5. The minimum Gasteiger partial charge on any atom is -0.425 e. The normalized spacial score (nSPS) is 15.6. The van der Waals surface area contributed by atoms with Gasteiger partial charge < -0.3 is 14.9 Å². The third kappa shape index (κ3) is 4.59. The Morgan fingerprint density at radius 2 is 1.79 bits per heavy atom. The van der Waals surface area contributed by atoms with Gasteiger partial charge in [0.2, 0.25) is 0 Å². The predicted molar refractivity (Wildman–Crippen MR) is 119 cm³/mol. The molecule has 2 aromatic heterocycles. The van der Waals surface area contributed by atoms with Crippen molar-refractivity contribution >= 4 is 46.9 Å². The quantitative estimate of drug-likeness (QED) is 0.654.